The summed E-state index contributed by atoms with van der Waals surface area (Å²) in [6, 6.07) is 0. The summed E-state index contributed by atoms with van der Waals surface area (Å²) in [6.45, 7) is 2.01. The van der Waals surface area contributed by atoms with Crippen LogP contribution in [0, 0.1) is 0 Å². The molecule has 3 N–H and O–H groups in total. The van der Waals surface area contributed by atoms with Gasteiger partial charge in [0.15, 0.2) is 11.4 Å². The van der Waals surface area contributed by atoms with Crippen LogP contribution in [0.4, 0.5) is 0 Å². The number of hydrazine groups is 1. The van der Waals surface area contributed by atoms with Crippen LogP contribution < -0.4 is 16.2 Å². The molecule has 0 fully saturated rings. The lowest BCUT2D eigenvalue weighted by molar-refractivity contribution is -0.154. The lowest BCUT2D eigenvalue weighted by Crippen LogP contribution is -2.50. The molecule has 0 rings (SSSR count). The number of rotatable bonds is 5. The number of amides is 1. The van der Waals surface area contributed by atoms with Gasteiger partial charge in [0.2, 0.25) is 0 Å². The zero-order valence-electron chi connectivity index (χ0n) is 10.4. The van der Waals surface area contributed by atoms with Crippen LogP contribution in [0.5, 0.6) is 0 Å². The second kappa shape index (κ2) is 9.57. The van der Waals surface area contributed by atoms with E-state index in [4.69, 9.17) is 21.7 Å². The molecule has 18 heavy (non-hydrogen) atoms. The normalized spacial score (nSPS) is 9.78. The zero-order chi connectivity index (χ0) is 14.0. The topological polar surface area (TPSA) is 97.9 Å². The predicted octanol–water partition coefficient (Wildman–Crippen LogP) is -1.34. The van der Waals surface area contributed by atoms with Crippen molar-refractivity contribution >= 4 is 29.2 Å². The van der Waals surface area contributed by atoms with Gasteiger partial charge >= 0.3 is 11.9 Å². The maximum absolute atomic E-state index is 11.1. The van der Waals surface area contributed by atoms with E-state index >= 15 is 0 Å². The lowest BCUT2D eigenvalue weighted by Gasteiger charge is -2.16. The van der Waals surface area contributed by atoms with Gasteiger partial charge in [0.05, 0.1) is 13.2 Å². The molecule has 0 bridgehead atoms. The molecule has 0 aliphatic carbocycles. The number of carbonyl (C=O) groups is 2. The van der Waals surface area contributed by atoms with Crippen LogP contribution >= 0.6 is 12.2 Å². The number of nitrogens with one attached hydrogen (secondary N) is 3. The number of carbonyl (C=O) groups excluding carboxylic acids is 2. The highest BCUT2D eigenvalue weighted by Crippen LogP contribution is 1.86. The van der Waals surface area contributed by atoms with Gasteiger partial charge in [-0.1, -0.05) is 0 Å². The molecule has 0 saturated heterocycles. The van der Waals surface area contributed by atoms with Crippen LogP contribution in [-0.4, -0.2) is 50.7 Å². The first-order valence-electron chi connectivity index (χ1n) is 5.11. The molecule has 0 aliphatic rings. The minimum Gasteiger partial charge on any atom is -0.459 e. The molecule has 0 aliphatic heterocycles. The Hall–Kier alpha value is -1.45. The minimum atomic E-state index is -0.987. The van der Waals surface area contributed by atoms with Crippen molar-refractivity contribution in [3.8, 4) is 0 Å². The van der Waals surface area contributed by atoms with E-state index in [0.717, 1.165) is 0 Å². The predicted molar refractivity (Wildman–Crippen MR) is 66.3 cm³/mol. The van der Waals surface area contributed by atoms with E-state index in [-0.39, 0.29) is 18.3 Å². The third-order valence-electron chi connectivity index (χ3n) is 1.71. The van der Waals surface area contributed by atoms with Gasteiger partial charge in [-0.2, -0.15) is 0 Å². The Labute approximate surface area is 110 Å². The van der Waals surface area contributed by atoms with Crippen LogP contribution in [0.2, 0.25) is 0 Å². The van der Waals surface area contributed by atoms with Crippen molar-refractivity contribution in [2.45, 2.75) is 13.2 Å². The zero-order valence-corrected chi connectivity index (χ0v) is 11.3. The van der Waals surface area contributed by atoms with E-state index in [1.54, 1.807) is 6.92 Å². The average Bonchev–Trinajstić information content (AvgIpc) is 2.37. The highest BCUT2D eigenvalue weighted by atomic mass is 32.1. The fourth-order valence-corrected chi connectivity index (χ4v) is 0.979. The molecule has 0 radical (unpaired) electrons. The fraction of sp³-hybridized carbons (Fsp3) is 0.667. The molecule has 9 heteroatoms. The van der Waals surface area contributed by atoms with Crippen LogP contribution in [0.15, 0.2) is 0 Å². The highest BCUT2D eigenvalue weighted by molar-refractivity contribution is 7.80. The Kier molecular flexibility index (Phi) is 8.80. The SMILES string of the molecule is CCOC(=O)C(=O)NNC(=S)NCC(OC)OC. The summed E-state index contributed by atoms with van der Waals surface area (Å²) in [6.07, 6.45) is -0.467. The monoisotopic (exact) mass is 279 g/mol. The van der Waals surface area contributed by atoms with E-state index in [9.17, 15) is 9.59 Å². The van der Waals surface area contributed by atoms with Gasteiger partial charge in [0.25, 0.3) is 0 Å². The van der Waals surface area contributed by atoms with Crippen LogP contribution in [0.3, 0.4) is 0 Å². The fourth-order valence-electron chi connectivity index (χ4n) is 0.844. The van der Waals surface area contributed by atoms with Gasteiger partial charge in [-0.25, -0.2) is 4.79 Å². The number of hydrogen-bond donors (Lipinski definition) is 3. The van der Waals surface area contributed by atoms with Crippen molar-refractivity contribution in [2.75, 3.05) is 27.4 Å². The van der Waals surface area contributed by atoms with Crippen molar-refractivity contribution in [3.63, 3.8) is 0 Å². The van der Waals surface area contributed by atoms with E-state index in [0.29, 0.717) is 0 Å². The van der Waals surface area contributed by atoms with Crippen molar-refractivity contribution in [2.24, 2.45) is 0 Å². The Balaban J connectivity index is 3.83. The Morgan fingerprint density at radius 1 is 1.22 bits per heavy atom. The van der Waals surface area contributed by atoms with Gasteiger partial charge < -0.3 is 19.5 Å². The number of thiocarbonyl (C=S) groups is 1. The Morgan fingerprint density at radius 3 is 2.33 bits per heavy atom. The molecule has 0 aromatic heterocycles. The van der Waals surface area contributed by atoms with Gasteiger partial charge in [0, 0.05) is 14.2 Å². The molecule has 0 aromatic rings. The summed E-state index contributed by atoms with van der Waals surface area (Å²) >= 11 is 4.84. The van der Waals surface area contributed by atoms with Gasteiger partial charge in [-0.15, -0.1) is 0 Å². The smallest absolute Gasteiger partial charge is 0.398 e. The molecule has 0 saturated carbocycles. The minimum absolute atomic E-state index is 0.117. The number of hydrogen-bond acceptors (Lipinski definition) is 6. The summed E-state index contributed by atoms with van der Waals surface area (Å²) in [7, 11) is 2.96. The summed E-state index contributed by atoms with van der Waals surface area (Å²) in [5.74, 6) is -1.92. The highest BCUT2D eigenvalue weighted by Gasteiger charge is 2.14. The number of methoxy groups -OCH3 is 2. The van der Waals surface area contributed by atoms with E-state index in [1.165, 1.54) is 14.2 Å². The van der Waals surface area contributed by atoms with Crippen LogP contribution in [-0.2, 0) is 23.8 Å². The van der Waals surface area contributed by atoms with E-state index in [1.807, 2.05) is 0 Å². The molecular formula is C9H17N3O5S. The first-order chi connectivity index (χ1) is 8.54. The third-order valence-corrected chi connectivity index (χ3v) is 1.95. The molecule has 104 valence electrons. The Bertz CT molecular complexity index is 296. The molecule has 0 spiro atoms. The van der Waals surface area contributed by atoms with Crippen LogP contribution in [0.1, 0.15) is 6.92 Å². The van der Waals surface area contributed by atoms with Crippen LogP contribution in [0.25, 0.3) is 0 Å². The van der Waals surface area contributed by atoms with Crippen molar-refractivity contribution in [1.29, 1.82) is 0 Å². The molecule has 0 atom stereocenters. The maximum Gasteiger partial charge on any atom is 0.398 e. The van der Waals surface area contributed by atoms with E-state index < -0.39 is 18.2 Å². The quantitative estimate of drug-likeness (QED) is 0.187. The molecule has 0 aromatic carbocycles. The van der Waals surface area contributed by atoms with Gasteiger partial charge in [0.1, 0.15) is 0 Å². The third kappa shape index (κ3) is 6.99. The van der Waals surface area contributed by atoms with Gasteiger partial charge in [-0.05, 0) is 19.1 Å². The summed E-state index contributed by atoms with van der Waals surface area (Å²) in [5.41, 5.74) is 4.41. The molecule has 1 amide bonds. The molecule has 0 heterocycles. The van der Waals surface area contributed by atoms with Crippen molar-refractivity contribution in [3.05, 3.63) is 0 Å². The maximum atomic E-state index is 11.1. The average molecular weight is 279 g/mol. The molecule has 8 nitrogen and oxygen atoms in total. The first kappa shape index (κ1) is 16.6. The first-order valence-corrected chi connectivity index (χ1v) is 5.52. The lowest BCUT2D eigenvalue weighted by atomic mass is 10.6. The number of esters is 1. The van der Waals surface area contributed by atoms with Crippen molar-refractivity contribution < 1.29 is 23.8 Å². The molecule has 0 unspecified atom stereocenters. The molecular weight excluding hydrogens is 262 g/mol. The van der Waals surface area contributed by atoms with Gasteiger partial charge in [-0.3, -0.25) is 15.6 Å². The second-order valence-corrected chi connectivity index (χ2v) is 3.32. The second-order valence-electron chi connectivity index (χ2n) is 2.91. The summed E-state index contributed by atoms with van der Waals surface area (Å²) < 4.78 is 14.3. The van der Waals surface area contributed by atoms with E-state index in [2.05, 4.69) is 20.9 Å². The Morgan fingerprint density at radius 2 is 1.83 bits per heavy atom. The summed E-state index contributed by atoms with van der Waals surface area (Å²) in [5, 5.41) is 2.83. The summed E-state index contributed by atoms with van der Waals surface area (Å²) in [4.78, 5) is 22.0. The largest absolute Gasteiger partial charge is 0.459 e. The standard InChI is InChI=1S/C9H17N3O5S/c1-4-17-8(14)7(13)11-12-9(18)10-5-6(15-2)16-3/h6H,4-5H2,1-3H3,(H,11,13)(H2,10,12,18). The van der Waals surface area contributed by atoms with Crippen molar-refractivity contribution in [1.82, 2.24) is 16.2 Å². The number of ether oxygens (including phenoxy) is 3.